The first-order valence-electron chi connectivity index (χ1n) is 8.82. The lowest BCUT2D eigenvalue weighted by Crippen LogP contribution is -2.44. The number of amides is 2. The minimum absolute atomic E-state index is 0.199. The number of nitrogens with one attached hydrogen (secondary N) is 1. The monoisotopic (exact) mass is 404 g/mol. The Hall–Kier alpha value is -2.45. The molecule has 28 heavy (non-hydrogen) atoms. The summed E-state index contributed by atoms with van der Waals surface area (Å²) in [7, 11) is 1.13. The van der Waals surface area contributed by atoms with Crippen molar-refractivity contribution in [3.05, 3.63) is 29.8 Å². The van der Waals surface area contributed by atoms with Crippen molar-refractivity contribution in [3.63, 3.8) is 0 Å². The van der Waals surface area contributed by atoms with E-state index in [2.05, 4.69) is 5.32 Å². The lowest BCUT2D eigenvalue weighted by molar-refractivity contribution is -0.185. The second kappa shape index (κ2) is 9.66. The summed E-state index contributed by atoms with van der Waals surface area (Å²) in [6, 6.07) is 6.21. The molecule has 9 heteroatoms. The number of ether oxygens (including phenoxy) is 2. The van der Waals surface area contributed by atoms with Crippen LogP contribution in [-0.2, 0) is 16.0 Å². The Kier molecular flexibility index (Phi) is 8.14. The molecule has 0 aliphatic carbocycles. The number of alkyl halides is 3. The number of benzene rings is 1. The number of nitrogens with zero attached hydrogens (tertiary/aromatic N) is 1. The van der Waals surface area contributed by atoms with Crippen molar-refractivity contribution in [1.82, 2.24) is 10.2 Å². The summed E-state index contributed by atoms with van der Waals surface area (Å²) < 4.78 is 48.2. The maximum atomic E-state index is 12.5. The van der Waals surface area contributed by atoms with E-state index in [4.69, 9.17) is 9.47 Å². The highest BCUT2D eigenvalue weighted by Crippen LogP contribution is 2.21. The van der Waals surface area contributed by atoms with Crippen LogP contribution in [0.2, 0.25) is 0 Å². The SMILES string of the molecule is C[C@@H](Cc1cccc(OCCNC(=O)OC(C)(C)C)c1)N(C)C(=O)C(F)(F)F. The van der Waals surface area contributed by atoms with Gasteiger partial charge in [-0.25, -0.2) is 4.79 Å². The molecule has 0 radical (unpaired) electrons. The number of rotatable bonds is 7. The average Bonchev–Trinajstić information content (AvgIpc) is 2.55. The van der Waals surface area contributed by atoms with Gasteiger partial charge in [-0.3, -0.25) is 4.79 Å². The molecule has 0 spiro atoms. The van der Waals surface area contributed by atoms with E-state index in [1.807, 2.05) is 0 Å². The maximum absolute atomic E-state index is 12.5. The van der Waals surface area contributed by atoms with Gasteiger partial charge in [0.15, 0.2) is 0 Å². The van der Waals surface area contributed by atoms with E-state index < -0.39 is 29.8 Å². The van der Waals surface area contributed by atoms with Crippen molar-refractivity contribution in [2.45, 2.75) is 51.9 Å². The minimum Gasteiger partial charge on any atom is -0.492 e. The van der Waals surface area contributed by atoms with Crippen LogP contribution in [0.5, 0.6) is 5.75 Å². The Morgan fingerprint density at radius 2 is 1.86 bits per heavy atom. The van der Waals surface area contributed by atoms with E-state index in [1.165, 1.54) is 0 Å². The molecule has 0 aromatic heterocycles. The number of alkyl carbamates (subject to hydrolysis) is 1. The van der Waals surface area contributed by atoms with Crippen molar-refractivity contribution >= 4 is 12.0 Å². The van der Waals surface area contributed by atoms with Crippen LogP contribution in [-0.4, -0.2) is 54.9 Å². The van der Waals surface area contributed by atoms with Gasteiger partial charge in [-0.2, -0.15) is 13.2 Å². The smallest absolute Gasteiger partial charge is 0.471 e. The molecule has 0 saturated heterocycles. The number of carbonyl (C=O) groups excluding carboxylic acids is 2. The molecule has 2 amide bonds. The Bertz CT molecular complexity index is 672. The van der Waals surface area contributed by atoms with Gasteiger partial charge < -0.3 is 19.7 Å². The lowest BCUT2D eigenvalue weighted by atomic mass is 10.1. The second-order valence-corrected chi connectivity index (χ2v) is 7.39. The van der Waals surface area contributed by atoms with Gasteiger partial charge in [0, 0.05) is 13.1 Å². The maximum Gasteiger partial charge on any atom is 0.471 e. The quantitative estimate of drug-likeness (QED) is 0.706. The fourth-order valence-electron chi connectivity index (χ4n) is 2.28. The largest absolute Gasteiger partial charge is 0.492 e. The summed E-state index contributed by atoms with van der Waals surface area (Å²) in [5, 5.41) is 2.56. The summed E-state index contributed by atoms with van der Waals surface area (Å²) in [6.07, 6.45) is -5.20. The molecule has 1 aromatic carbocycles. The Morgan fingerprint density at radius 1 is 1.21 bits per heavy atom. The Labute approximate surface area is 163 Å². The summed E-state index contributed by atoms with van der Waals surface area (Å²) in [5.74, 6) is -1.36. The van der Waals surface area contributed by atoms with E-state index in [0.717, 1.165) is 12.6 Å². The number of likely N-dealkylation sites (N-methyl/N-ethyl adjacent to an activating group) is 1. The van der Waals surface area contributed by atoms with Crippen molar-refractivity contribution < 1.29 is 32.2 Å². The van der Waals surface area contributed by atoms with Crippen LogP contribution in [0.1, 0.15) is 33.3 Å². The second-order valence-electron chi connectivity index (χ2n) is 7.39. The third-order valence-electron chi connectivity index (χ3n) is 3.69. The van der Waals surface area contributed by atoms with Gasteiger partial charge in [0.2, 0.25) is 0 Å². The molecular weight excluding hydrogens is 377 g/mol. The topological polar surface area (TPSA) is 67.9 Å². The predicted octanol–water partition coefficient (Wildman–Crippen LogP) is 3.54. The van der Waals surface area contributed by atoms with E-state index in [-0.39, 0.29) is 19.6 Å². The van der Waals surface area contributed by atoms with Gasteiger partial charge in [0.1, 0.15) is 18.0 Å². The zero-order valence-electron chi connectivity index (χ0n) is 16.7. The van der Waals surface area contributed by atoms with Crippen molar-refractivity contribution in [2.75, 3.05) is 20.2 Å². The van der Waals surface area contributed by atoms with Crippen LogP contribution in [0.3, 0.4) is 0 Å². The summed E-state index contributed by atoms with van der Waals surface area (Å²) >= 11 is 0. The Morgan fingerprint density at radius 3 is 2.43 bits per heavy atom. The number of carbonyl (C=O) groups is 2. The Balaban J connectivity index is 2.51. The molecule has 158 valence electrons. The number of hydrogen-bond acceptors (Lipinski definition) is 4. The predicted molar refractivity (Wildman–Crippen MR) is 98.2 cm³/mol. The molecule has 1 atom stereocenters. The molecule has 0 bridgehead atoms. The zero-order chi connectivity index (χ0) is 21.5. The first kappa shape index (κ1) is 23.6. The molecule has 0 heterocycles. The van der Waals surface area contributed by atoms with E-state index >= 15 is 0 Å². The highest BCUT2D eigenvalue weighted by molar-refractivity contribution is 5.81. The van der Waals surface area contributed by atoms with Crippen LogP contribution < -0.4 is 10.1 Å². The fraction of sp³-hybridized carbons (Fsp3) is 0.579. The minimum atomic E-state index is -4.89. The summed E-state index contributed by atoms with van der Waals surface area (Å²) in [5.41, 5.74) is 0.142. The van der Waals surface area contributed by atoms with Gasteiger partial charge >= 0.3 is 18.2 Å². The van der Waals surface area contributed by atoms with Gasteiger partial charge in [-0.1, -0.05) is 12.1 Å². The highest BCUT2D eigenvalue weighted by Gasteiger charge is 2.42. The number of halogens is 3. The average molecular weight is 404 g/mol. The summed E-state index contributed by atoms with van der Waals surface area (Å²) in [4.78, 5) is 23.5. The molecule has 1 rings (SSSR count). The molecule has 1 N–H and O–H groups in total. The summed E-state index contributed by atoms with van der Waals surface area (Å²) in [6.45, 7) is 7.25. The standard InChI is InChI=1S/C19H27F3N2O4/c1-13(24(5)16(25)19(20,21)22)11-14-7-6-8-15(12-14)27-10-9-23-17(26)28-18(2,3)4/h6-8,12-13H,9-11H2,1-5H3,(H,23,26)/t13-/m0/s1. The normalized spacial score (nSPS) is 12.9. The van der Waals surface area contributed by atoms with Crippen LogP contribution >= 0.6 is 0 Å². The molecule has 0 unspecified atom stereocenters. The van der Waals surface area contributed by atoms with Crippen LogP contribution in [0.25, 0.3) is 0 Å². The molecule has 1 aromatic rings. The molecule has 0 fully saturated rings. The van der Waals surface area contributed by atoms with Gasteiger partial charge in [-0.05, 0) is 51.8 Å². The van der Waals surface area contributed by atoms with E-state index in [0.29, 0.717) is 10.6 Å². The highest BCUT2D eigenvalue weighted by atomic mass is 19.4. The third kappa shape index (κ3) is 8.49. The lowest BCUT2D eigenvalue weighted by Gasteiger charge is -2.26. The van der Waals surface area contributed by atoms with Crippen LogP contribution in [0.4, 0.5) is 18.0 Å². The van der Waals surface area contributed by atoms with Crippen molar-refractivity contribution in [3.8, 4) is 5.75 Å². The van der Waals surface area contributed by atoms with Crippen LogP contribution in [0.15, 0.2) is 24.3 Å². The zero-order valence-corrected chi connectivity index (χ0v) is 16.7. The number of hydrogen-bond donors (Lipinski definition) is 1. The van der Waals surface area contributed by atoms with Crippen LogP contribution in [0, 0.1) is 0 Å². The molecule has 0 aliphatic rings. The van der Waals surface area contributed by atoms with Crippen molar-refractivity contribution in [2.24, 2.45) is 0 Å². The van der Waals surface area contributed by atoms with E-state index in [1.54, 1.807) is 52.0 Å². The fourth-order valence-corrected chi connectivity index (χ4v) is 2.28. The van der Waals surface area contributed by atoms with Crippen molar-refractivity contribution in [1.29, 1.82) is 0 Å². The first-order valence-corrected chi connectivity index (χ1v) is 8.82. The molecular formula is C19H27F3N2O4. The van der Waals surface area contributed by atoms with Gasteiger partial charge in [0.05, 0.1) is 6.54 Å². The third-order valence-corrected chi connectivity index (χ3v) is 3.69. The molecule has 0 aliphatic heterocycles. The molecule has 0 saturated carbocycles. The van der Waals surface area contributed by atoms with Gasteiger partial charge in [-0.15, -0.1) is 0 Å². The van der Waals surface area contributed by atoms with E-state index in [9.17, 15) is 22.8 Å². The molecule has 6 nitrogen and oxygen atoms in total. The van der Waals surface area contributed by atoms with Gasteiger partial charge in [0.25, 0.3) is 0 Å². The first-order chi connectivity index (χ1) is 12.8.